The number of aromatic nitrogens is 1. The van der Waals surface area contributed by atoms with Crippen molar-refractivity contribution in [3.63, 3.8) is 0 Å². The summed E-state index contributed by atoms with van der Waals surface area (Å²) in [5.41, 5.74) is 0.866. The zero-order valence-corrected chi connectivity index (χ0v) is 17.4. The van der Waals surface area contributed by atoms with Gasteiger partial charge >= 0.3 is 0 Å². The van der Waals surface area contributed by atoms with Gasteiger partial charge in [-0.15, -0.1) is 0 Å². The first-order valence-electron chi connectivity index (χ1n) is 10.3. The van der Waals surface area contributed by atoms with Crippen molar-refractivity contribution >= 4 is 15.9 Å². The van der Waals surface area contributed by atoms with E-state index in [1.165, 1.54) is 17.1 Å². The zero-order valence-electron chi connectivity index (χ0n) is 16.5. The lowest BCUT2D eigenvalue weighted by Gasteiger charge is -2.35. The highest BCUT2D eigenvalue weighted by Gasteiger charge is 2.37. The largest absolute Gasteiger partial charge is 0.355 e. The number of nitrogens with one attached hydrogen (secondary N) is 1. The first-order chi connectivity index (χ1) is 14.1. The van der Waals surface area contributed by atoms with Gasteiger partial charge in [-0.2, -0.15) is 4.31 Å². The molecule has 1 aromatic heterocycles. The molecule has 8 heteroatoms. The molecule has 1 atom stereocenters. The highest BCUT2D eigenvalue weighted by molar-refractivity contribution is 7.89. The van der Waals surface area contributed by atoms with E-state index in [-0.39, 0.29) is 17.2 Å². The molecule has 156 valence electrons. The molecule has 1 fully saturated rings. The number of likely N-dealkylation sites (tertiary alicyclic amines) is 1. The fourth-order valence-electron chi connectivity index (χ4n) is 4.27. The molecule has 4 rings (SSSR count). The van der Waals surface area contributed by atoms with Gasteiger partial charge in [-0.25, -0.2) is 8.42 Å². The van der Waals surface area contributed by atoms with Crippen LogP contribution in [-0.4, -0.2) is 60.8 Å². The summed E-state index contributed by atoms with van der Waals surface area (Å²) in [4.78, 5) is 15.3. The summed E-state index contributed by atoms with van der Waals surface area (Å²) >= 11 is 0. The first-order valence-corrected chi connectivity index (χ1v) is 11.7. The van der Waals surface area contributed by atoms with E-state index in [0.29, 0.717) is 19.6 Å². The molecule has 1 aromatic carbocycles. The van der Waals surface area contributed by atoms with Crippen LogP contribution in [0, 0.1) is 0 Å². The predicted molar refractivity (Wildman–Crippen MR) is 111 cm³/mol. The van der Waals surface area contributed by atoms with Gasteiger partial charge in [-0.05, 0) is 50.2 Å². The molecular weight excluding hydrogens is 388 g/mol. The molecule has 0 saturated carbocycles. The Morgan fingerprint density at radius 1 is 1.00 bits per heavy atom. The number of sulfonamides is 1. The van der Waals surface area contributed by atoms with Crippen LogP contribution >= 0.6 is 0 Å². The predicted octanol–water partition coefficient (Wildman–Crippen LogP) is 1.84. The van der Waals surface area contributed by atoms with Gasteiger partial charge in [-0.1, -0.05) is 18.2 Å². The van der Waals surface area contributed by atoms with Crippen LogP contribution in [0.1, 0.15) is 31.0 Å². The third-order valence-corrected chi connectivity index (χ3v) is 7.71. The number of hydrogen-bond acceptors (Lipinski definition) is 4. The Morgan fingerprint density at radius 2 is 1.76 bits per heavy atom. The maximum atomic E-state index is 13.3. The SMILES string of the molecule is O=C(CC1c2cccn2CCN1S(=O)(=O)c1ccccc1)NCCN1CCCC1. The van der Waals surface area contributed by atoms with Crippen LogP contribution in [0.5, 0.6) is 0 Å². The molecule has 2 aliphatic heterocycles. The van der Waals surface area contributed by atoms with E-state index in [4.69, 9.17) is 0 Å². The molecule has 0 bridgehead atoms. The maximum absolute atomic E-state index is 13.3. The van der Waals surface area contributed by atoms with Gasteiger partial charge in [0.15, 0.2) is 0 Å². The number of carbonyl (C=O) groups is 1. The Hall–Kier alpha value is -2.16. The molecule has 0 aliphatic carbocycles. The molecule has 29 heavy (non-hydrogen) atoms. The van der Waals surface area contributed by atoms with E-state index in [2.05, 4.69) is 10.2 Å². The number of hydrogen-bond donors (Lipinski definition) is 1. The Labute approximate surface area is 172 Å². The van der Waals surface area contributed by atoms with E-state index in [1.807, 2.05) is 22.9 Å². The second-order valence-electron chi connectivity index (χ2n) is 7.67. The summed E-state index contributed by atoms with van der Waals surface area (Å²) in [5.74, 6) is -0.114. The molecule has 1 unspecified atom stereocenters. The monoisotopic (exact) mass is 416 g/mol. The molecule has 2 aromatic rings. The van der Waals surface area contributed by atoms with Crippen LogP contribution in [0.3, 0.4) is 0 Å². The van der Waals surface area contributed by atoms with Crippen molar-refractivity contribution < 1.29 is 13.2 Å². The number of nitrogens with zero attached hydrogens (tertiary/aromatic N) is 3. The van der Waals surface area contributed by atoms with Gasteiger partial charge in [-0.3, -0.25) is 4.79 Å². The van der Waals surface area contributed by atoms with E-state index in [1.54, 1.807) is 30.3 Å². The fraction of sp³-hybridized carbons (Fsp3) is 0.476. The molecule has 1 N–H and O–H groups in total. The lowest BCUT2D eigenvalue weighted by Crippen LogP contribution is -2.44. The average Bonchev–Trinajstić information content (AvgIpc) is 3.40. The second kappa shape index (κ2) is 8.69. The minimum atomic E-state index is -3.68. The van der Waals surface area contributed by atoms with Crippen molar-refractivity contribution in [2.45, 2.75) is 36.7 Å². The van der Waals surface area contributed by atoms with Crippen molar-refractivity contribution in [3.8, 4) is 0 Å². The van der Waals surface area contributed by atoms with Crippen molar-refractivity contribution in [3.05, 3.63) is 54.4 Å². The Bertz CT molecular complexity index is 936. The van der Waals surface area contributed by atoms with Crippen molar-refractivity contribution in [1.82, 2.24) is 19.1 Å². The number of amides is 1. The van der Waals surface area contributed by atoms with Crippen LogP contribution in [0.25, 0.3) is 0 Å². The van der Waals surface area contributed by atoms with E-state index >= 15 is 0 Å². The Morgan fingerprint density at radius 3 is 2.52 bits per heavy atom. The lowest BCUT2D eigenvalue weighted by atomic mass is 10.1. The summed E-state index contributed by atoms with van der Waals surface area (Å²) in [5, 5.41) is 2.98. The molecule has 2 aliphatic rings. The molecule has 0 radical (unpaired) electrons. The maximum Gasteiger partial charge on any atom is 0.243 e. The number of benzene rings is 1. The summed E-state index contributed by atoms with van der Waals surface area (Å²) in [7, 11) is -3.68. The lowest BCUT2D eigenvalue weighted by molar-refractivity contribution is -0.122. The molecular formula is C21H28N4O3S. The number of fused-ring (bicyclic) bond motifs is 1. The number of rotatable bonds is 7. The normalized spacial score (nSPS) is 20.5. The van der Waals surface area contributed by atoms with Gasteiger partial charge < -0.3 is 14.8 Å². The molecule has 3 heterocycles. The fourth-order valence-corrected chi connectivity index (χ4v) is 5.88. The Balaban J connectivity index is 1.49. The van der Waals surface area contributed by atoms with Crippen molar-refractivity contribution in [2.75, 3.05) is 32.7 Å². The Kier molecular flexibility index (Phi) is 6.03. The third-order valence-electron chi connectivity index (χ3n) is 5.79. The molecule has 1 saturated heterocycles. The average molecular weight is 417 g/mol. The van der Waals surface area contributed by atoms with Crippen LogP contribution in [-0.2, 0) is 21.4 Å². The minimum Gasteiger partial charge on any atom is -0.355 e. The van der Waals surface area contributed by atoms with Gasteiger partial charge in [0.25, 0.3) is 0 Å². The second-order valence-corrected chi connectivity index (χ2v) is 9.56. The standard InChI is InChI=1S/C21H28N4O3S/c26-21(22-10-14-23-11-4-5-12-23)17-20-19-9-6-13-24(19)15-16-25(20)29(27,28)18-7-2-1-3-8-18/h1-3,6-9,13,20H,4-5,10-12,14-17H2,(H,22,26). The van der Waals surface area contributed by atoms with Gasteiger partial charge in [0.1, 0.15) is 0 Å². The third kappa shape index (κ3) is 4.39. The minimum absolute atomic E-state index is 0.114. The summed E-state index contributed by atoms with van der Waals surface area (Å²) < 4.78 is 30.1. The van der Waals surface area contributed by atoms with Crippen molar-refractivity contribution in [1.29, 1.82) is 0 Å². The zero-order chi connectivity index (χ0) is 20.3. The smallest absolute Gasteiger partial charge is 0.243 e. The number of carbonyl (C=O) groups excluding carboxylic acids is 1. The van der Waals surface area contributed by atoms with Gasteiger partial charge in [0.2, 0.25) is 15.9 Å². The van der Waals surface area contributed by atoms with Gasteiger partial charge in [0, 0.05) is 44.5 Å². The van der Waals surface area contributed by atoms with Gasteiger partial charge in [0.05, 0.1) is 10.9 Å². The van der Waals surface area contributed by atoms with E-state index in [0.717, 1.165) is 25.3 Å². The van der Waals surface area contributed by atoms with E-state index in [9.17, 15) is 13.2 Å². The van der Waals surface area contributed by atoms with Crippen LogP contribution < -0.4 is 5.32 Å². The van der Waals surface area contributed by atoms with Crippen LogP contribution in [0.4, 0.5) is 0 Å². The summed E-state index contributed by atoms with van der Waals surface area (Å²) in [6.07, 6.45) is 4.51. The first kappa shape index (κ1) is 20.1. The summed E-state index contributed by atoms with van der Waals surface area (Å²) in [6, 6.07) is 11.8. The topological polar surface area (TPSA) is 74.6 Å². The van der Waals surface area contributed by atoms with Crippen molar-refractivity contribution in [2.24, 2.45) is 0 Å². The molecule has 1 amide bonds. The quantitative estimate of drug-likeness (QED) is 0.747. The van der Waals surface area contributed by atoms with Crippen LogP contribution in [0.15, 0.2) is 53.6 Å². The van der Waals surface area contributed by atoms with Crippen LogP contribution in [0.2, 0.25) is 0 Å². The summed E-state index contributed by atoms with van der Waals surface area (Å²) in [6.45, 7) is 4.56. The molecule has 7 nitrogen and oxygen atoms in total. The van der Waals surface area contributed by atoms with E-state index < -0.39 is 16.1 Å². The highest BCUT2D eigenvalue weighted by Crippen LogP contribution is 2.33. The highest BCUT2D eigenvalue weighted by atomic mass is 32.2. The molecule has 0 spiro atoms.